The van der Waals surface area contributed by atoms with E-state index in [0.29, 0.717) is 11.9 Å². The number of rotatable bonds is 12. The van der Waals surface area contributed by atoms with Gasteiger partial charge in [0.2, 0.25) is 0 Å². The summed E-state index contributed by atoms with van der Waals surface area (Å²) >= 11 is 0. The zero-order valence-electron chi connectivity index (χ0n) is 20.4. The summed E-state index contributed by atoms with van der Waals surface area (Å²) in [6, 6.07) is 10.6. The number of unbranched alkanes of at least 4 members (excludes halogenated alkanes) is 3. The van der Waals surface area contributed by atoms with Gasteiger partial charge in [0.05, 0.1) is 16.8 Å². The topological polar surface area (TPSA) is 122 Å². The Morgan fingerprint density at radius 3 is 2.26 bits per heavy atom. The van der Waals surface area contributed by atoms with Crippen molar-refractivity contribution in [1.82, 2.24) is 4.57 Å². The van der Waals surface area contributed by atoms with Gasteiger partial charge in [0, 0.05) is 61.6 Å². The van der Waals surface area contributed by atoms with Crippen LogP contribution in [0.25, 0.3) is 21.8 Å². The van der Waals surface area contributed by atoms with Crippen molar-refractivity contribution in [2.45, 2.75) is 46.1 Å². The molecule has 0 spiro atoms. The second kappa shape index (κ2) is 11.6. The van der Waals surface area contributed by atoms with Crippen molar-refractivity contribution in [2.24, 2.45) is 5.16 Å². The monoisotopic (exact) mass is 503 g/mol. The van der Waals surface area contributed by atoms with E-state index in [0.717, 1.165) is 59.6 Å². The Morgan fingerprint density at radius 1 is 1.00 bits per heavy atom. The Balaban J connectivity index is 1.86. The van der Waals surface area contributed by atoms with E-state index in [-0.39, 0.29) is 5.69 Å². The third-order valence-corrected chi connectivity index (χ3v) is 7.88. The van der Waals surface area contributed by atoms with E-state index in [1.807, 2.05) is 18.2 Å². The summed E-state index contributed by atoms with van der Waals surface area (Å²) in [5.41, 5.74) is 3.16. The van der Waals surface area contributed by atoms with Gasteiger partial charge < -0.3 is 18.5 Å². The minimum absolute atomic E-state index is 0.0213. The van der Waals surface area contributed by atoms with Crippen molar-refractivity contribution < 1.29 is 28.2 Å². The molecule has 3 rings (SSSR count). The number of nitro groups is 1. The van der Waals surface area contributed by atoms with Gasteiger partial charge in [-0.1, -0.05) is 24.1 Å². The van der Waals surface area contributed by atoms with Crippen LogP contribution >= 0.6 is 7.60 Å². The molecule has 0 fully saturated rings. The summed E-state index contributed by atoms with van der Waals surface area (Å²) in [5, 5.41) is 16.9. The molecule has 0 amide bonds. The first-order chi connectivity index (χ1) is 16.7. The number of nitrogens with zero attached hydrogens (tertiary/aromatic N) is 3. The van der Waals surface area contributed by atoms with Gasteiger partial charge in [0.15, 0.2) is 0 Å². The highest BCUT2D eigenvalue weighted by Gasteiger charge is 2.20. The van der Waals surface area contributed by atoms with E-state index < -0.39 is 18.5 Å². The number of nitro benzene ring substituents is 1. The summed E-state index contributed by atoms with van der Waals surface area (Å²) in [6.45, 7) is 3.74. The lowest BCUT2D eigenvalue weighted by Crippen LogP contribution is -2.01. The maximum absolute atomic E-state index is 12.2. The third kappa shape index (κ3) is 6.33. The molecule has 0 atom stereocenters. The molecule has 0 bridgehead atoms. The molecular formula is C24H30N3O7P. The highest BCUT2D eigenvalue weighted by molar-refractivity contribution is 7.53. The maximum atomic E-state index is 12.2. The first kappa shape index (κ1) is 26.5. The second-order valence-corrected chi connectivity index (χ2v) is 10.6. The number of hydrogen-bond acceptors (Lipinski definition) is 8. The molecule has 35 heavy (non-hydrogen) atoms. The predicted molar refractivity (Wildman–Crippen MR) is 135 cm³/mol. The quantitative estimate of drug-likeness (QED) is 0.0738. The van der Waals surface area contributed by atoms with Gasteiger partial charge in [0.1, 0.15) is 0 Å². The standard InChI is InChI=1S/C24H30N3O7P/c1-17(25-34-18(2)28)19-9-11-23-21(15-19)22-16-20(27(29)30)10-12-24(22)26(23)13-7-5-6-8-14-35(31,32-3)33-4/h9-12,15-16H,5-8,13-14H2,1-4H3/b25-17+. The van der Waals surface area contributed by atoms with Gasteiger partial charge >= 0.3 is 13.6 Å². The van der Waals surface area contributed by atoms with E-state index in [1.54, 1.807) is 19.1 Å². The van der Waals surface area contributed by atoms with Gasteiger partial charge in [-0.2, -0.15) is 0 Å². The van der Waals surface area contributed by atoms with E-state index in [9.17, 15) is 19.5 Å². The number of fused-ring (bicyclic) bond motifs is 3. The molecule has 10 nitrogen and oxygen atoms in total. The van der Waals surface area contributed by atoms with Crippen LogP contribution in [0.3, 0.4) is 0 Å². The van der Waals surface area contributed by atoms with Gasteiger partial charge in [-0.05, 0) is 43.5 Å². The molecule has 0 radical (unpaired) electrons. The molecule has 1 heterocycles. The van der Waals surface area contributed by atoms with Gasteiger partial charge in [-0.3, -0.25) is 14.7 Å². The average molecular weight is 503 g/mol. The van der Waals surface area contributed by atoms with Crippen molar-refractivity contribution in [2.75, 3.05) is 20.4 Å². The van der Waals surface area contributed by atoms with Crippen LogP contribution in [0, 0.1) is 10.1 Å². The largest absolute Gasteiger partial charge is 0.340 e. The highest BCUT2D eigenvalue weighted by atomic mass is 31.2. The Labute approximate surface area is 203 Å². The van der Waals surface area contributed by atoms with Crippen LogP contribution in [0.1, 0.15) is 45.1 Å². The molecular weight excluding hydrogens is 473 g/mol. The van der Waals surface area contributed by atoms with Gasteiger partial charge in [-0.15, -0.1) is 0 Å². The fraction of sp³-hybridized carbons (Fsp3) is 0.417. The number of aryl methyl sites for hydroxylation is 1. The van der Waals surface area contributed by atoms with E-state index in [1.165, 1.54) is 27.2 Å². The molecule has 3 aromatic rings. The Bertz CT molecular complexity index is 1310. The number of non-ortho nitro benzene ring substituents is 1. The predicted octanol–water partition coefficient (Wildman–Crippen LogP) is 6.04. The summed E-state index contributed by atoms with van der Waals surface area (Å²) in [6.07, 6.45) is 3.82. The van der Waals surface area contributed by atoms with Crippen molar-refractivity contribution in [3.05, 3.63) is 52.1 Å². The summed E-state index contributed by atoms with van der Waals surface area (Å²) in [4.78, 5) is 26.8. The lowest BCUT2D eigenvalue weighted by atomic mass is 10.1. The van der Waals surface area contributed by atoms with E-state index in [2.05, 4.69) is 9.72 Å². The lowest BCUT2D eigenvalue weighted by molar-refractivity contribution is -0.384. The van der Waals surface area contributed by atoms with Crippen LogP contribution in [0.15, 0.2) is 41.6 Å². The van der Waals surface area contributed by atoms with Crippen molar-refractivity contribution >= 4 is 46.8 Å². The first-order valence-corrected chi connectivity index (χ1v) is 13.1. The molecule has 0 aliphatic carbocycles. The molecule has 0 unspecified atom stereocenters. The van der Waals surface area contributed by atoms with Crippen LogP contribution < -0.4 is 0 Å². The number of aromatic nitrogens is 1. The zero-order valence-corrected chi connectivity index (χ0v) is 21.2. The highest BCUT2D eigenvalue weighted by Crippen LogP contribution is 2.47. The molecule has 11 heteroatoms. The average Bonchev–Trinajstić information content (AvgIpc) is 3.16. The van der Waals surface area contributed by atoms with Crippen LogP contribution in [0.2, 0.25) is 0 Å². The molecule has 0 N–H and O–H groups in total. The normalized spacial score (nSPS) is 12.4. The molecule has 1 aromatic heterocycles. The second-order valence-electron chi connectivity index (χ2n) is 8.22. The van der Waals surface area contributed by atoms with Crippen molar-refractivity contribution in [1.29, 1.82) is 0 Å². The minimum Gasteiger partial charge on any atom is -0.340 e. The van der Waals surface area contributed by atoms with Crippen LogP contribution in [0.5, 0.6) is 0 Å². The molecule has 0 saturated carbocycles. The first-order valence-electron chi connectivity index (χ1n) is 11.3. The minimum atomic E-state index is -2.98. The van der Waals surface area contributed by atoms with Crippen LogP contribution in [-0.4, -0.2) is 41.6 Å². The number of hydrogen-bond donors (Lipinski definition) is 0. The Kier molecular flexibility index (Phi) is 8.77. The Hall–Kier alpha value is -3.07. The number of carbonyl (C=O) groups is 1. The fourth-order valence-electron chi connectivity index (χ4n) is 4.04. The van der Waals surface area contributed by atoms with E-state index >= 15 is 0 Å². The van der Waals surface area contributed by atoms with Crippen LogP contribution in [-0.2, 0) is 29.8 Å². The molecule has 2 aromatic carbocycles. The molecule has 0 aliphatic heterocycles. The molecule has 188 valence electrons. The van der Waals surface area contributed by atoms with Gasteiger partial charge in [0.25, 0.3) is 5.69 Å². The number of oxime groups is 1. The maximum Gasteiger partial charge on any atom is 0.331 e. The summed E-state index contributed by atoms with van der Waals surface area (Å²) < 4.78 is 24.3. The van der Waals surface area contributed by atoms with Crippen molar-refractivity contribution in [3.8, 4) is 0 Å². The summed E-state index contributed by atoms with van der Waals surface area (Å²) in [7, 11) is -0.188. The lowest BCUT2D eigenvalue weighted by Gasteiger charge is -2.13. The number of benzene rings is 2. The SMILES string of the molecule is COP(=O)(CCCCCCn1c2ccc(/C(C)=N/OC(C)=O)cc2c2cc([N+](=O)[O-])ccc21)OC. The fourth-order valence-corrected chi connectivity index (χ4v) is 5.17. The van der Waals surface area contributed by atoms with E-state index in [4.69, 9.17) is 13.9 Å². The summed E-state index contributed by atoms with van der Waals surface area (Å²) in [5.74, 6) is -0.509. The Morgan fingerprint density at radius 2 is 1.63 bits per heavy atom. The van der Waals surface area contributed by atoms with Gasteiger partial charge in [-0.25, -0.2) is 4.79 Å². The third-order valence-electron chi connectivity index (χ3n) is 5.91. The van der Waals surface area contributed by atoms with Crippen LogP contribution in [0.4, 0.5) is 5.69 Å². The molecule has 0 aliphatic rings. The number of carbonyl (C=O) groups excluding carboxylic acids is 1. The zero-order chi connectivity index (χ0) is 25.6. The smallest absolute Gasteiger partial charge is 0.331 e. The molecule has 0 saturated heterocycles. The van der Waals surface area contributed by atoms with Crippen molar-refractivity contribution in [3.63, 3.8) is 0 Å².